The molecule has 0 amide bonds. The van der Waals surface area contributed by atoms with Gasteiger partial charge in [0.05, 0.1) is 0 Å². The second kappa shape index (κ2) is 3.98. The van der Waals surface area contributed by atoms with Crippen LogP contribution in [0, 0.1) is 12.8 Å². The molecule has 94 valence electrons. The molecular formula is C16H19NO. The number of allylic oxidation sites excluding steroid dienone is 2. The van der Waals surface area contributed by atoms with Crippen LogP contribution in [0.25, 0.3) is 0 Å². The summed E-state index contributed by atoms with van der Waals surface area (Å²) in [5.41, 5.74) is 5.24. The zero-order chi connectivity index (χ0) is 12.9. The van der Waals surface area contributed by atoms with Gasteiger partial charge in [0.15, 0.2) is 5.78 Å². The summed E-state index contributed by atoms with van der Waals surface area (Å²) < 4.78 is 0. The monoisotopic (exact) mass is 241 g/mol. The molecule has 2 nitrogen and oxygen atoms in total. The molecule has 0 saturated heterocycles. The largest absolute Gasteiger partial charge is 0.344 e. The van der Waals surface area contributed by atoms with Crippen molar-refractivity contribution in [1.29, 1.82) is 0 Å². The van der Waals surface area contributed by atoms with Crippen LogP contribution >= 0.6 is 0 Å². The highest BCUT2D eigenvalue weighted by Crippen LogP contribution is 2.45. The van der Waals surface area contributed by atoms with Crippen molar-refractivity contribution in [2.45, 2.75) is 33.1 Å². The van der Waals surface area contributed by atoms with Crippen molar-refractivity contribution in [1.82, 2.24) is 0 Å². The van der Waals surface area contributed by atoms with Crippen LogP contribution in [0.2, 0.25) is 0 Å². The fraction of sp³-hybridized carbons (Fsp3) is 0.438. The van der Waals surface area contributed by atoms with E-state index in [1.54, 1.807) is 0 Å². The van der Waals surface area contributed by atoms with Crippen LogP contribution in [0.15, 0.2) is 30.0 Å². The van der Waals surface area contributed by atoms with Crippen LogP contribution in [0.3, 0.4) is 0 Å². The molecule has 2 heterocycles. The minimum atomic E-state index is 0.274. The minimum absolute atomic E-state index is 0.274. The summed E-state index contributed by atoms with van der Waals surface area (Å²) in [6.07, 6.45) is 2.49. The van der Waals surface area contributed by atoms with E-state index in [1.165, 1.54) is 22.5 Å². The molecule has 0 bridgehead atoms. The SMILES string of the molecule is Cc1ccc2c(c1)C(C)C(C)C1=CC(=O)CCN12. The van der Waals surface area contributed by atoms with Crippen molar-refractivity contribution < 1.29 is 4.79 Å². The van der Waals surface area contributed by atoms with Crippen molar-refractivity contribution in [2.75, 3.05) is 11.4 Å². The highest BCUT2D eigenvalue weighted by molar-refractivity contribution is 5.93. The van der Waals surface area contributed by atoms with Crippen molar-refractivity contribution in [2.24, 2.45) is 5.92 Å². The number of carbonyl (C=O) groups is 1. The van der Waals surface area contributed by atoms with Crippen LogP contribution in [0.1, 0.15) is 37.3 Å². The molecule has 2 atom stereocenters. The zero-order valence-electron chi connectivity index (χ0n) is 11.2. The topological polar surface area (TPSA) is 20.3 Å². The number of rotatable bonds is 0. The maximum absolute atomic E-state index is 11.6. The summed E-state index contributed by atoms with van der Waals surface area (Å²) in [6, 6.07) is 6.66. The Morgan fingerprint density at radius 3 is 2.78 bits per heavy atom. The van der Waals surface area contributed by atoms with Gasteiger partial charge < -0.3 is 4.90 Å². The Balaban J connectivity index is 2.17. The Morgan fingerprint density at radius 1 is 1.22 bits per heavy atom. The minimum Gasteiger partial charge on any atom is -0.344 e. The van der Waals surface area contributed by atoms with Crippen molar-refractivity contribution in [3.63, 3.8) is 0 Å². The Hall–Kier alpha value is -1.57. The van der Waals surface area contributed by atoms with Crippen molar-refractivity contribution in [3.8, 4) is 0 Å². The fourth-order valence-electron chi connectivity index (χ4n) is 3.11. The number of carbonyl (C=O) groups excluding carboxylic acids is 1. The van der Waals surface area contributed by atoms with Crippen LogP contribution in [-0.4, -0.2) is 12.3 Å². The third-order valence-corrected chi connectivity index (χ3v) is 4.38. The Bertz CT molecular complexity index is 544. The molecule has 0 N–H and O–H groups in total. The molecular weight excluding hydrogens is 222 g/mol. The molecule has 1 aromatic carbocycles. The van der Waals surface area contributed by atoms with E-state index < -0.39 is 0 Å². The lowest BCUT2D eigenvalue weighted by Gasteiger charge is -2.42. The summed E-state index contributed by atoms with van der Waals surface area (Å²) in [6.45, 7) is 7.47. The smallest absolute Gasteiger partial charge is 0.159 e. The molecule has 2 heteroatoms. The van der Waals surface area contributed by atoms with E-state index in [1.807, 2.05) is 6.08 Å². The number of ketones is 1. The third-order valence-electron chi connectivity index (χ3n) is 4.38. The normalized spacial score (nSPS) is 26.5. The molecule has 0 aromatic heterocycles. The van der Waals surface area contributed by atoms with Gasteiger partial charge in [-0.3, -0.25) is 4.79 Å². The average Bonchev–Trinajstić information content (AvgIpc) is 2.36. The quantitative estimate of drug-likeness (QED) is 0.693. The van der Waals surface area contributed by atoms with Gasteiger partial charge in [-0.2, -0.15) is 0 Å². The lowest BCUT2D eigenvalue weighted by atomic mass is 9.79. The summed E-state index contributed by atoms with van der Waals surface area (Å²) in [4.78, 5) is 14.0. The summed E-state index contributed by atoms with van der Waals surface area (Å²) >= 11 is 0. The van der Waals surface area contributed by atoms with Gasteiger partial charge in [0.2, 0.25) is 0 Å². The Labute approximate surface area is 108 Å². The second-order valence-electron chi connectivity index (χ2n) is 5.58. The number of fused-ring (bicyclic) bond motifs is 3. The predicted molar refractivity (Wildman–Crippen MR) is 73.8 cm³/mol. The Kier molecular flexibility index (Phi) is 2.54. The number of nitrogens with zero attached hydrogens (tertiary/aromatic N) is 1. The van der Waals surface area contributed by atoms with E-state index in [9.17, 15) is 4.79 Å². The highest BCUT2D eigenvalue weighted by Gasteiger charge is 2.34. The van der Waals surface area contributed by atoms with Gasteiger partial charge in [-0.15, -0.1) is 0 Å². The maximum Gasteiger partial charge on any atom is 0.159 e. The number of aryl methyl sites for hydroxylation is 1. The first kappa shape index (κ1) is 11.5. The number of hydrogen-bond acceptors (Lipinski definition) is 2. The molecule has 2 unspecified atom stereocenters. The van der Waals surface area contributed by atoms with Gasteiger partial charge >= 0.3 is 0 Å². The summed E-state index contributed by atoms with van der Waals surface area (Å²) in [5, 5.41) is 0. The molecule has 2 aliphatic heterocycles. The average molecular weight is 241 g/mol. The van der Waals surface area contributed by atoms with Crippen LogP contribution in [-0.2, 0) is 4.79 Å². The van der Waals surface area contributed by atoms with Crippen LogP contribution in [0.4, 0.5) is 5.69 Å². The van der Waals surface area contributed by atoms with Gasteiger partial charge in [0.1, 0.15) is 0 Å². The number of hydrogen-bond donors (Lipinski definition) is 0. The highest BCUT2D eigenvalue weighted by atomic mass is 16.1. The van der Waals surface area contributed by atoms with E-state index in [4.69, 9.17) is 0 Å². The number of anilines is 1. The summed E-state index contributed by atoms with van der Waals surface area (Å²) in [7, 11) is 0. The Morgan fingerprint density at radius 2 is 2.00 bits per heavy atom. The third kappa shape index (κ3) is 1.59. The first-order valence-corrected chi connectivity index (χ1v) is 6.70. The van der Waals surface area contributed by atoms with Gasteiger partial charge in [0.25, 0.3) is 0 Å². The standard InChI is InChI=1S/C16H19NO/c1-10-4-5-15-14(8-10)11(2)12(3)16-9-13(18)6-7-17(15)16/h4-5,8-9,11-12H,6-7H2,1-3H3. The maximum atomic E-state index is 11.6. The van der Waals surface area contributed by atoms with Crippen LogP contribution < -0.4 is 4.90 Å². The van der Waals surface area contributed by atoms with E-state index in [2.05, 4.69) is 43.9 Å². The molecule has 18 heavy (non-hydrogen) atoms. The fourth-order valence-corrected chi connectivity index (χ4v) is 3.11. The molecule has 0 radical (unpaired) electrons. The lowest BCUT2D eigenvalue weighted by Crippen LogP contribution is -2.38. The first-order valence-electron chi connectivity index (χ1n) is 6.70. The second-order valence-corrected chi connectivity index (χ2v) is 5.58. The van der Waals surface area contributed by atoms with E-state index in [0.717, 1.165) is 6.54 Å². The zero-order valence-corrected chi connectivity index (χ0v) is 11.2. The van der Waals surface area contributed by atoms with Crippen LogP contribution in [0.5, 0.6) is 0 Å². The first-order chi connectivity index (χ1) is 8.58. The van der Waals surface area contributed by atoms with Crippen molar-refractivity contribution >= 4 is 11.5 Å². The van der Waals surface area contributed by atoms with E-state index in [0.29, 0.717) is 18.3 Å². The van der Waals surface area contributed by atoms with Gasteiger partial charge in [-0.25, -0.2) is 0 Å². The molecule has 2 aliphatic rings. The van der Waals surface area contributed by atoms with Gasteiger partial charge in [-0.05, 0) is 24.5 Å². The van der Waals surface area contributed by atoms with Crippen molar-refractivity contribution in [3.05, 3.63) is 41.1 Å². The summed E-state index contributed by atoms with van der Waals surface area (Å²) in [5.74, 6) is 1.17. The molecule has 0 fully saturated rings. The molecule has 0 spiro atoms. The molecule has 1 aromatic rings. The van der Waals surface area contributed by atoms with Gasteiger partial charge in [-0.1, -0.05) is 31.5 Å². The lowest BCUT2D eigenvalue weighted by molar-refractivity contribution is -0.114. The van der Waals surface area contributed by atoms with E-state index in [-0.39, 0.29) is 5.78 Å². The number of benzene rings is 1. The molecule has 3 rings (SSSR count). The molecule has 0 aliphatic carbocycles. The van der Waals surface area contributed by atoms with Gasteiger partial charge in [0, 0.05) is 36.3 Å². The van der Waals surface area contributed by atoms with E-state index >= 15 is 0 Å². The predicted octanol–water partition coefficient (Wildman–Crippen LogP) is 3.41. The molecule has 0 saturated carbocycles.